The molecule has 1 aromatic carbocycles. The lowest BCUT2D eigenvalue weighted by molar-refractivity contribution is 0.277. The number of aryl methyl sites for hydroxylation is 1. The van der Waals surface area contributed by atoms with E-state index in [4.69, 9.17) is 4.74 Å². The van der Waals surface area contributed by atoms with Crippen LogP contribution in [-0.2, 0) is 6.61 Å². The van der Waals surface area contributed by atoms with Crippen LogP contribution in [0.15, 0.2) is 30.5 Å². The Bertz CT molecular complexity index is 728. The second-order valence-electron chi connectivity index (χ2n) is 4.51. The minimum Gasteiger partial charge on any atom is -0.494 e. The van der Waals surface area contributed by atoms with Gasteiger partial charge < -0.3 is 9.84 Å². The molecule has 4 nitrogen and oxygen atoms in total. The van der Waals surface area contributed by atoms with Gasteiger partial charge in [0.05, 0.1) is 24.6 Å². The van der Waals surface area contributed by atoms with E-state index in [1.54, 1.807) is 11.3 Å². The highest BCUT2D eigenvalue weighted by Gasteiger charge is 2.13. The second kappa shape index (κ2) is 5.26. The number of fused-ring (bicyclic) bond motifs is 1. The zero-order valence-electron chi connectivity index (χ0n) is 11.5. The van der Waals surface area contributed by atoms with Gasteiger partial charge in [-0.05, 0) is 43.7 Å². The van der Waals surface area contributed by atoms with Crippen molar-refractivity contribution in [2.75, 3.05) is 6.61 Å². The zero-order chi connectivity index (χ0) is 14.1. The Morgan fingerprint density at radius 3 is 2.70 bits per heavy atom. The smallest absolute Gasteiger partial charge is 0.194 e. The molecule has 3 aromatic rings. The van der Waals surface area contributed by atoms with Gasteiger partial charge in [0.25, 0.3) is 0 Å². The molecule has 0 saturated heterocycles. The summed E-state index contributed by atoms with van der Waals surface area (Å²) in [5.41, 5.74) is 2.95. The molecule has 0 bridgehead atoms. The molecule has 5 heteroatoms. The molecular weight excluding hydrogens is 272 g/mol. The topological polar surface area (TPSA) is 46.8 Å². The van der Waals surface area contributed by atoms with E-state index < -0.39 is 0 Å². The summed E-state index contributed by atoms with van der Waals surface area (Å²) in [6.45, 7) is 4.70. The van der Waals surface area contributed by atoms with E-state index in [9.17, 15) is 5.11 Å². The van der Waals surface area contributed by atoms with Crippen LogP contribution in [0.5, 0.6) is 5.75 Å². The zero-order valence-corrected chi connectivity index (χ0v) is 12.3. The Hall–Kier alpha value is -1.85. The van der Waals surface area contributed by atoms with Gasteiger partial charge in [0, 0.05) is 11.1 Å². The molecule has 0 saturated carbocycles. The van der Waals surface area contributed by atoms with Crippen LogP contribution >= 0.6 is 11.3 Å². The Labute approximate surface area is 121 Å². The number of ether oxygens (including phenoxy) is 1. The summed E-state index contributed by atoms with van der Waals surface area (Å²) in [5, 5.41) is 9.20. The van der Waals surface area contributed by atoms with Crippen molar-refractivity contribution >= 4 is 16.3 Å². The van der Waals surface area contributed by atoms with Crippen LogP contribution in [0.1, 0.15) is 17.5 Å². The van der Waals surface area contributed by atoms with Crippen molar-refractivity contribution < 1.29 is 9.84 Å². The number of benzene rings is 1. The van der Waals surface area contributed by atoms with Crippen LogP contribution in [0.2, 0.25) is 0 Å². The highest BCUT2D eigenvalue weighted by molar-refractivity contribution is 7.17. The van der Waals surface area contributed by atoms with E-state index in [1.807, 2.05) is 29.7 Å². The molecule has 2 aromatic heterocycles. The van der Waals surface area contributed by atoms with Gasteiger partial charge in [0.15, 0.2) is 4.96 Å². The van der Waals surface area contributed by atoms with E-state index in [2.05, 4.69) is 24.0 Å². The third kappa shape index (κ3) is 2.19. The number of hydrogen-bond acceptors (Lipinski definition) is 4. The van der Waals surface area contributed by atoms with Crippen molar-refractivity contribution in [3.63, 3.8) is 0 Å². The molecule has 3 rings (SSSR count). The van der Waals surface area contributed by atoms with Gasteiger partial charge in [-0.2, -0.15) is 0 Å². The summed E-state index contributed by atoms with van der Waals surface area (Å²) in [7, 11) is 0. The quantitative estimate of drug-likeness (QED) is 0.801. The van der Waals surface area contributed by atoms with Crippen molar-refractivity contribution in [2.45, 2.75) is 20.5 Å². The molecule has 0 aliphatic rings. The Kier molecular flexibility index (Phi) is 3.46. The average molecular weight is 288 g/mol. The fraction of sp³-hybridized carbons (Fsp3) is 0.267. The molecule has 0 amide bonds. The van der Waals surface area contributed by atoms with Crippen molar-refractivity contribution in [1.82, 2.24) is 9.38 Å². The number of rotatable bonds is 4. The molecule has 2 heterocycles. The van der Waals surface area contributed by atoms with E-state index in [1.165, 1.54) is 4.88 Å². The first-order valence-electron chi connectivity index (χ1n) is 6.54. The Balaban J connectivity index is 2.07. The molecular formula is C15H16N2O2S. The molecule has 0 atom stereocenters. The van der Waals surface area contributed by atoms with Gasteiger partial charge >= 0.3 is 0 Å². The molecule has 0 radical (unpaired) electrons. The number of nitrogens with zero attached hydrogens (tertiary/aromatic N) is 2. The third-order valence-corrected chi connectivity index (χ3v) is 4.11. The summed E-state index contributed by atoms with van der Waals surface area (Å²) in [6, 6.07) is 8.06. The fourth-order valence-corrected chi connectivity index (χ4v) is 3.28. The molecule has 104 valence electrons. The van der Waals surface area contributed by atoms with Crippen LogP contribution in [0.4, 0.5) is 0 Å². The maximum absolute atomic E-state index is 9.20. The number of thiazole rings is 1. The van der Waals surface area contributed by atoms with Gasteiger partial charge in [-0.25, -0.2) is 4.98 Å². The van der Waals surface area contributed by atoms with Crippen LogP contribution in [0.3, 0.4) is 0 Å². The predicted molar refractivity (Wildman–Crippen MR) is 80.3 cm³/mol. The SMILES string of the molecule is CCOc1ccc(-c2c(C)sc3nc(CO)cn23)cc1. The van der Waals surface area contributed by atoms with Crippen LogP contribution in [0.25, 0.3) is 16.2 Å². The van der Waals surface area contributed by atoms with Crippen molar-refractivity contribution in [3.05, 3.63) is 41.0 Å². The van der Waals surface area contributed by atoms with Crippen LogP contribution in [-0.4, -0.2) is 21.1 Å². The second-order valence-corrected chi connectivity index (χ2v) is 5.69. The van der Waals surface area contributed by atoms with Gasteiger partial charge in [0.2, 0.25) is 0 Å². The van der Waals surface area contributed by atoms with E-state index in [0.29, 0.717) is 12.3 Å². The lowest BCUT2D eigenvalue weighted by Crippen LogP contribution is -1.91. The summed E-state index contributed by atoms with van der Waals surface area (Å²) in [4.78, 5) is 6.51. The number of imidazole rings is 1. The summed E-state index contributed by atoms with van der Waals surface area (Å²) < 4.78 is 7.51. The summed E-state index contributed by atoms with van der Waals surface area (Å²) in [5.74, 6) is 0.877. The molecule has 1 N–H and O–H groups in total. The van der Waals surface area contributed by atoms with Gasteiger partial charge in [-0.1, -0.05) is 0 Å². The third-order valence-electron chi connectivity index (χ3n) is 3.14. The first kappa shape index (κ1) is 13.1. The van der Waals surface area contributed by atoms with Crippen molar-refractivity contribution in [3.8, 4) is 17.0 Å². The van der Waals surface area contributed by atoms with Gasteiger partial charge in [-0.3, -0.25) is 4.40 Å². The highest BCUT2D eigenvalue weighted by Crippen LogP contribution is 2.32. The Morgan fingerprint density at radius 2 is 2.05 bits per heavy atom. The predicted octanol–water partition coefficient (Wildman–Crippen LogP) is 3.26. The molecule has 0 unspecified atom stereocenters. The number of aliphatic hydroxyl groups excluding tert-OH is 1. The lowest BCUT2D eigenvalue weighted by Gasteiger charge is -2.05. The normalized spacial score (nSPS) is 11.2. The summed E-state index contributed by atoms with van der Waals surface area (Å²) >= 11 is 1.63. The van der Waals surface area contributed by atoms with Gasteiger partial charge in [0.1, 0.15) is 5.75 Å². The largest absolute Gasteiger partial charge is 0.494 e. The minimum absolute atomic E-state index is 0.0316. The monoisotopic (exact) mass is 288 g/mol. The first-order chi connectivity index (χ1) is 9.72. The molecule has 0 aliphatic carbocycles. The van der Waals surface area contributed by atoms with Gasteiger partial charge in [-0.15, -0.1) is 11.3 Å². The maximum Gasteiger partial charge on any atom is 0.194 e. The van der Waals surface area contributed by atoms with Crippen molar-refractivity contribution in [2.24, 2.45) is 0 Å². The first-order valence-corrected chi connectivity index (χ1v) is 7.36. The van der Waals surface area contributed by atoms with Crippen molar-refractivity contribution in [1.29, 1.82) is 0 Å². The molecule has 0 fully saturated rings. The number of aromatic nitrogens is 2. The minimum atomic E-state index is -0.0316. The number of aliphatic hydroxyl groups is 1. The maximum atomic E-state index is 9.20. The van der Waals surface area contributed by atoms with Crippen LogP contribution in [0, 0.1) is 6.92 Å². The molecule has 20 heavy (non-hydrogen) atoms. The number of hydrogen-bond donors (Lipinski definition) is 1. The van der Waals surface area contributed by atoms with Crippen LogP contribution < -0.4 is 4.74 Å². The standard InChI is InChI=1S/C15H16N2O2S/c1-3-19-13-6-4-11(5-7-13)14-10(2)20-15-16-12(9-18)8-17(14)15/h4-8,18H,3,9H2,1-2H3. The van der Waals surface area contributed by atoms with E-state index in [-0.39, 0.29) is 6.61 Å². The highest BCUT2D eigenvalue weighted by atomic mass is 32.1. The average Bonchev–Trinajstić information content (AvgIpc) is 2.96. The molecule has 0 aliphatic heterocycles. The summed E-state index contributed by atoms with van der Waals surface area (Å²) in [6.07, 6.45) is 1.89. The fourth-order valence-electron chi connectivity index (χ4n) is 2.29. The Morgan fingerprint density at radius 1 is 1.30 bits per heavy atom. The van der Waals surface area contributed by atoms with E-state index in [0.717, 1.165) is 22.0 Å². The lowest BCUT2D eigenvalue weighted by atomic mass is 10.1. The van der Waals surface area contributed by atoms with E-state index >= 15 is 0 Å². The molecule has 0 spiro atoms.